The van der Waals surface area contributed by atoms with Crippen LogP contribution < -0.4 is 10.9 Å². The molecule has 0 fully saturated rings. The molecule has 0 unspecified atom stereocenters. The summed E-state index contributed by atoms with van der Waals surface area (Å²) in [4.78, 5) is 24.6. The van der Waals surface area contributed by atoms with E-state index in [1.807, 2.05) is 0 Å². The fourth-order valence-electron chi connectivity index (χ4n) is 1.16. The van der Waals surface area contributed by atoms with Crippen LogP contribution in [0.3, 0.4) is 0 Å². The number of nitro groups is 1. The lowest BCUT2D eigenvalue weighted by atomic mass is 10.4. The lowest BCUT2D eigenvalue weighted by molar-refractivity contribution is -0.389. The number of hydrogen-bond donors (Lipinski definition) is 3. The zero-order valence-electron chi connectivity index (χ0n) is 9.25. The number of pyridine rings is 1. The second-order valence-corrected chi connectivity index (χ2v) is 3.34. The van der Waals surface area contributed by atoms with Crippen molar-refractivity contribution in [3.05, 3.63) is 46.2 Å². The molecule has 19 heavy (non-hydrogen) atoms. The number of nitrogens with zero attached hydrogens (tertiary/aromatic N) is 3. The highest BCUT2D eigenvalue weighted by atomic mass is 19.1. The highest BCUT2D eigenvalue weighted by molar-refractivity contribution is 5.93. The average molecular weight is 266 g/mol. The fraction of sp³-hybridized carbons (Fsp3) is 0. The van der Waals surface area contributed by atoms with E-state index in [4.69, 9.17) is 0 Å². The summed E-state index contributed by atoms with van der Waals surface area (Å²) in [6, 6.07) is 3.45. The van der Waals surface area contributed by atoms with Crippen molar-refractivity contribution in [1.29, 1.82) is 0 Å². The second kappa shape index (κ2) is 5.08. The van der Waals surface area contributed by atoms with Gasteiger partial charge in [0.25, 0.3) is 5.91 Å². The van der Waals surface area contributed by atoms with Crippen molar-refractivity contribution in [1.82, 2.24) is 20.6 Å². The van der Waals surface area contributed by atoms with Gasteiger partial charge in [-0.3, -0.25) is 15.6 Å². The zero-order chi connectivity index (χ0) is 13.8. The van der Waals surface area contributed by atoms with E-state index >= 15 is 0 Å². The third kappa shape index (κ3) is 3.00. The van der Waals surface area contributed by atoms with Gasteiger partial charge in [0.2, 0.25) is 5.95 Å². The Hall–Kier alpha value is -3.04. The van der Waals surface area contributed by atoms with Gasteiger partial charge in [0.05, 0.1) is 18.0 Å². The second-order valence-electron chi connectivity index (χ2n) is 3.34. The predicted molar refractivity (Wildman–Crippen MR) is 60.5 cm³/mol. The van der Waals surface area contributed by atoms with Crippen LogP contribution in [-0.2, 0) is 0 Å². The van der Waals surface area contributed by atoms with Crippen molar-refractivity contribution in [2.45, 2.75) is 0 Å². The minimum Gasteiger partial charge on any atom is -0.358 e. The molecule has 0 radical (unpaired) electrons. The fourth-order valence-corrected chi connectivity index (χ4v) is 1.16. The number of nitrogens with one attached hydrogen (secondary N) is 3. The van der Waals surface area contributed by atoms with E-state index in [0.29, 0.717) is 5.69 Å². The number of hydrogen-bond acceptors (Lipinski definition) is 6. The summed E-state index contributed by atoms with van der Waals surface area (Å²) in [7, 11) is 0. The van der Waals surface area contributed by atoms with Crippen LogP contribution in [0, 0.1) is 16.1 Å². The van der Waals surface area contributed by atoms with Crippen molar-refractivity contribution in [3.8, 4) is 0 Å². The molecule has 0 saturated heterocycles. The molecule has 2 heterocycles. The molecule has 9 nitrogen and oxygen atoms in total. The van der Waals surface area contributed by atoms with Crippen LogP contribution in [-0.4, -0.2) is 26.0 Å². The van der Waals surface area contributed by atoms with Gasteiger partial charge in [-0.25, -0.2) is 4.98 Å². The van der Waals surface area contributed by atoms with Gasteiger partial charge >= 0.3 is 5.82 Å². The van der Waals surface area contributed by atoms with Gasteiger partial charge in [-0.05, 0) is 17.1 Å². The van der Waals surface area contributed by atoms with E-state index in [1.54, 1.807) is 0 Å². The summed E-state index contributed by atoms with van der Waals surface area (Å²) >= 11 is 0. The SMILES string of the molecule is O=C(NNc1ccc(F)nc1)c1cc([N+](=O)[O-])[nH]n1. The number of carbonyl (C=O) groups is 1. The quantitative estimate of drug-likeness (QED) is 0.423. The normalized spacial score (nSPS) is 9.95. The van der Waals surface area contributed by atoms with E-state index in [2.05, 4.69) is 26.0 Å². The molecular weight excluding hydrogens is 259 g/mol. The van der Waals surface area contributed by atoms with Crippen molar-refractivity contribution >= 4 is 17.4 Å². The molecule has 3 N–H and O–H groups in total. The lowest BCUT2D eigenvalue weighted by Gasteiger charge is -2.05. The van der Waals surface area contributed by atoms with E-state index in [0.717, 1.165) is 12.1 Å². The Morgan fingerprint density at radius 1 is 1.47 bits per heavy atom. The molecular formula is C9H7FN6O3. The Balaban J connectivity index is 1.97. The Kier molecular flexibility index (Phi) is 3.32. The maximum atomic E-state index is 12.5. The number of H-pyrrole nitrogens is 1. The molecule has 0 aliphatic carbocycles. The van der Waals surface area contributed by atoms with E-state index < -0.39 is 22.6 Å². The van der Waals surface area contributed by atoms with E-state index in [9.17, 15) is 19.3 Å². The molecule has 98 valence electrons. The monoisotopic (exact) mass is 266 g/mol. The summed E-state index contributed by atoms with van der Waals surface area (Å²) in [6.07, 6.45) is 1.17. The van der Waals surface area contributed by atoms with Crippen molar-refractivity contribution in [2.75, 3.05) is 5.43 Å². The highest BCUT2D eigenvalue weighted by Crippen LogP contribution is 2.08. The van der Waals surface area contributed by atoms with Gasteiger partial charge in [0, 0.05) is 0 Å². The van der Waals surface area contributed by atoms with Gasteiger partial charge in [0.1, 0.15) is 0 Å². The summed E-state index contributed by atoms with van der Waals surface area (Å²) in [5, 5.41) is 16.0. The highest BCUT2D eigenvalue weighted by Gasteiger charge is 2.15. The molecule has 0 aliphatic heterocycles. The minimum atomic E-state index is -0.707. The van der Waals surface area contributed by atoms with Crippen LogP contribution in [0.25, 0.3) is 0 Å². The predicted octanol–water partition coefficient (Wildman–Crippen LogP) is 0.609. The Labute approximate surface area is 105 Å². The molecule has 2 aromatic heterocycles. The lowest BCUT2D eigenvalue weighted by Crippen LogP contribution is -2.29. The first-order chi connectivity index (χ1) is 9.06. The van der Waals surface area contributed by atoms with Gasteiger partial charge < -0.3 is 10.1 Å². The molecule has 10 heteroatoms. The minimum absolute atomic E-state index is 0.158. The maximum Gasteiger partial charge on any atom is 0.343 e. The number of halogens is 1. The summed E-state index contributed by atoms with van der Waals surface area (Å²) in [6.45, 7) is 0. The van der Waals surface area contributed by atoms with Gasteiger partial charge in [-0.15, -0.1) is 5.10 Å². The standard InChI is InChI=1S/C9H7FN6O3/c10-7-2-1-5(4-11-7)12-15-9(17)6-3-8(14-13-6)16(18)19/h1-4,12H,(H,13,14)(H,15,17). The van der Waals surface area contributed by atoms with Crippen LogP contribution in [0.1, 0.15) is 10.5 Å². The molecule has 0 bridgehead atoms. The maximum absolute atomic E-state index is 12.5. The zero-order valence-corrected chi connectivity index (χ0v) is 9.25. The van der Waals surface area contributed by atoms with Gasteiger partial charge in [0.15, 0.2) is 5.69 Å². The largest absolute Gasteiger partial charge is 0.358 e. The molecule has 0 spiro atoms. The third-order valence-corrected chi connectivity index (χ3v) is 2.04. The van der Waals surface area contributed by atoms with E-state index in [-0.39, 0.29) is 5.69 Å². The summed E-state index contributed by atoms with van der Waals surface area (Å²) in [5.41, 5.74) is 4.88. The summed E-state index contributed by atoms with van der Waals surface area (Å²) < 4.78 is 12.5. The Bertz CT molecular complexity index is 611. The molecule has 0 aliphatic rings. The van der Waals surface area contributed by atoms with Crippen LogP contribution >= 0.6 is 0 Å². The number of aromatic nitrogens is 3. The number of carbonyl (C=O) groups excluding carboxylic acids is 1. The molecule has 2 rings (SSSR count). The first kappa shape index (κ1) is 12.4. The van der Waals surface area contributed by atoms with E-state index in [1.165, 1.54) is 12.3 Å². The van der Waals surface area contributed by atoms with Crippen molar-refractivity contribution < 1.29 is 14.1 Å². The van der Waals surface area contributed by atoms with Crippen molar-refractivity contribution in [3.63, 3.8) is 0 Å². The topological polar surface area (TPSA) is 126 Å². The van der Waals surface area contributed by atoms with Crippen LogP contribution in [0.5, 0.6) is 0 Å². The molecule has 0 saturated carbocycles. The number of anilines is 1. The first-order valence-electron chi connectivity index (χ1n) is 4.94. The molecule has 0 atom stereocenters. The average Bonchev–Trinajstić information content (AvgIpc) is 2.87. The molecule has 2 aromatic rings. The van der Waals surface area contributed by atoms with Gasteiger partial charge in [-0.2, -0.15) is 4.39 Å². The number of aromatic amines is 1. The third-order valence-electron chi connectivity index (χ3n) is 2.04. The van der Waals surface area contributed by atoms with Crippen molar-refractivity contribution in [2.24, 2.45) is 0 Å². The Morgan fingerprint density at radius 3 is 2.84 bits per heavy atom. The Morgan fingerprint density at radius 2 is 2.26 bits per heavy atom. The first-order valence-corrected chi connectivity index (χ1v) is 4.94. The number of hydrazine groups is 1. The molecule has 1 amide bonds. The number of rotatable bonds is 4. The van der Waals surface area contributed by atoms with Crippen LogP contribution in [0.4, 0.5) is 15.9 Å². The summed E-state index contributed by atoms with van der Waals surface area (Å²) in [5.74, 6) is -1.73. The van der Waals surface area contributed by atoms with Crippen LogP contribution in [0.2, 0.25) is 0 Å². The number of amides is 1. The smallest absolute Gasteiger partial charge is 0.343 e. The van der Waals surface area contributed by atoms with Crippen LogP contribution in [0.15, 0.2) is 24.4 Å². The van der Waals surface area contributed by atoms with Gasteiger partial charge in [-0.1, -0.05) is 5.10 Å². The molecule has 0 aromatic carbocycles.